The fourth-order valence-electron chi connectivity index (χ4n) is 1.55. The minimum atomic E-state index is -0.464. The van der Waals surface area contributed by atoms with Crippen LogP contribution in [-0.4, -0.2) is 5.11 Å². The summed E-state index contributed by atoms with van der Waals surface area (Å²) in [5.74, 6) is 0. The molecule has 4 heteroatoms. The van der Waals surface area contributed by atoms with Crippen molar-refractivity contribution >= 4 is 39.3 Å². The van der Waals surface area contributed by atoms with Crippen molar-refractivity contribution in [3.8, 4) is 0 Å². The van der Waals surface area contributed by atoms with Gasteiger partial charge in [-0.1, -0.05) is 45.4 Å². The van der Waals surface area contributed by atoms with Gasteiger partial charge in [0.05, 0.1) is 6.10 Å². The molecule has 1 N–H and O–H groups in total. The summed E-state index contributed by atoms with van der Waals surface area (Å²) in [5, 5.41) is 10.3. The van der Waals surface area contributed by atoms with Crippen LogP contribution < -0.4 is 0 Å². The molecule has 0 saturated carbocycles. The molecule has 18 heavy (non-hydrogen) atoms. The average molecular weight is 344 g/mol. The third kappa shape index (κ3) is 3.51. The number of rotatable bonds is 3. The first-order valence-electron chi connectivity index (χ1n) is 5.47. The molecule has 0 aliphatic carbocycles. The predicted molar refractivity (Wildman–Crippen MR) is 80.4 cm³/mol. The Bertz CT molecular complexity index is 540. The highest BCUT2D eigenvalue weighted by Gasteiger charge is 2.07. The monoisotopic (exact) mass is 342 g/mol. The molecule has 0 heterocycles. The molecule has 0 radical (unpaired) electrons. The highest BCUT2D eigenvalue weighted by Crippen LogP contribution is 2.33. The van der Waals surface area contributed by atoms with E-state index in [1.165, 1.54) is 0 Å². The summed E-state index contributed by atoms with van der Waals surface area (Å²) in [6, 6.07) is 13.7. The van der Waals surface area contributed by atoms with E-state index in [1.807, 2.05) is 42.5 Å². The van der Waals surface area contributed by atoms with E-state index in [0.29, 0.717) is 0 Å². The van der Waals surface area contributed by atoms with Crippen LogP contribution in [0.3, 0.4) is 0 Å². The molecule has 0 bridgehead atoms. The number of hydrogen-bond donors (Lipinski definition) is 1. The van der Waals surface area contributed by atoms with Gasteiger partial charge in [0, 0.05) is 19.3 Å². The zero-order valence-corrected chi connectivity index (χ0v) is 12.9. The van der Waals surface area contributed by atoms with E-state index in [-0.39, 0.29) is 0 Å². The van der Waals surface area contributed by atoms with Gasteiger partial charge in [-0.2, -0.15) is 0 Å². The van der Waals surface area contributed by atoms with E-state index in [9.17, 15) is 5.11 Å². The van der Waals surface area contributed by atoms with Crippen molar-refractivity contribution in [1.29, 1.82) is 0 Å². The van der Waals surface area contributed by atoms with E-state index >= 15 is 0 Å². The molecule has 94 valence electrons. The third-order valence-corrected chi connectivity index (χ3v) is 4.41. The second-order valence-electron chi connectivity index (χ2n) is 3.92. The maximum absolute atomic E-state index is 9.56. The maximum Gasteiger partial charge on any atom is 0.0772 e. The molecule has 0 saturated heterocycles. The van der Waals surface area contributed by atoms with E-state index in [1.54, 1.807) is 18.7 Å². The molecule has 0 spiro atoms. The van der Waals surface area contributed by atoms with Crippen LogP contribution in [0.25, 0.3) is 0 Å². The fourth-order valence-corrected chi connectivity index (χ4v) is 3.39. The molecule has 0 aromatic heterocycles. The minimum absolute atomic E-state index is 0.464. The van der Waals surface area contributed by atoms with Gasteiger partial charge in [0.15, 0.2) is 0 Å². The SMILES string of the molecule is CC(O)c1ccc(Sc2ccc(Cl)cc2)cc1Br. The normalized spacial score (nSPS) is 12.4. The quantitative estimate of drug-likeness (QED) is 0.815. The van der Waals surface area contributed by atoms with Crippen LogP contribution >= 0.6 is 39.3 Å². The second-order valence-corrected chi connectivity index (χ2v) is 6.35. The molecule has 2 aromatic rings. The van der Waals surface area contributed by atoms with Crippen molar-refractivity contribution in [3.63, 3.8) is 0 Å². The molecular formula is C14H12BrClOS. The average Bonchev–Trinajstić information content (AvgIpc) is 2.32. The first-order chi connectivity index (χ1) is 8.56. The summed E-state index contributed by atoms with van der Waals surface area (Å²) in [6.07, 6.45) is -0.464. The van der Waals surface area contributed by atoms with Crippen molar-refractivity contribution in [2.24, 2.45) is 0 Å². The number of aliphatic hydroxyl groups is 1. The summed E-state index contributed by atoms with van der Waals surface area (Å²) >= 11 is 11.0. The Morgan fingerprint density at radius 3 is 2.28 bits per heavy atom. The molecule has 0 aliphatic rings. The Labute approximate surface area is 124 Å². The van der Waals surface area contributed by atoms with E-state index in [0.717, 1.165) is 24.8 Å². The molecular weight excluding hydrogens is 332 g/mol. The van der Waals surface area contributed by atoms with Gasteiger partial charge in [0.2, 0.25) is 0 Å². The van der Waals surface area contributed by atoms with Crippen molar-refractivity contribution in [2.75, 3.05) is 0 Å². The zero-order chi connectivity index (χ0) is 13.1. The van der Waals surface area contributed by atoms with E-state index < -0.39 is 6.10 Å². The van der Waals surface area contributed by atoms with Gasteiger partial charge in [-0.05, 0) is 48.9 Å². The largest absolute Gasteiger partial charge is 0.389 e. The zero-order valence-electron chi connectivity index (χ0n) is 9.73. The lowest BCUT2D eigenvalue weighted by molar-refractivity contribution is 0.198. The fraction of sp³-hybridized carbons (Fsp3) is 0.143. The molecule has 1 nitrogen and oxygen atoms in total. The lowest BCUT2D eigenvalue weighted by Crippen LogP contribution is -1.92. The summed E-state index contributed by atoms with van der Waals surface area (Å²) in [5.41, 5.74) is 0.899. The van der Waals surface area contributed by atoms with Crippen molar-refractivity contribution in [3.05, 3.63) is 57.5 Å². The van der Waals surface area contributed by atoms with Crippen LogP contribution in [-0.2, 0) is 0 Å². The van der Waals surface area contributed by atoms with Crippen LogP contribution in [0, 0.1) is 0 Å². The topological polar surface area (TPSA) is 20.2 Å². The summed E-state index contributed by atoms with van der Waals surface area (Å²) in [4.78, 5) is 2.25. The molecule has 1 unspecified atom stereocenters. The smallest absolute Gasteiger partial charge is 0.0772 e. The van der Waals surface area contributed by atoms with Gasteiger partial charge in [-0.3, -0.25) is 0 Å². The lowest BCUT2D eigenvalue weighted by atomic mass is 10.1. The van der Waals surface area contributed by atoms with Gasteiger partial charge in [0.25, 0.3) is 0 Å². The Morgan fingerprint density at radius 1 is 1.11 bits per heavy atom. The summed E-state index contributed by atoms with van der Waals surface area (Å²) in [7, 11) is 0. The van der Waals surface area contributed by atoms with Crippen LogP contribution in [0.15, 0.2) is 56.7 Å². The lowest BCUT2D eigenvalue weighted by Gasteiger charge is -2.09. The number of aliphatic hydroxyl groups excluding tert-OH is 1. The van der Waals surface area contributed by atoms with Gasteiger partial charge < -0.3 is 5.11 Å². The Kier molecular flexibility index (Phi) is 4.73. The minimum Gasteiger partial charge on any atom is -0.389 e. The van der Waals surface area contributed by atoms with Crippen LogP contribution in [0.4, 0.5) is 0 Å². The van der Waals surface area contributed by atoms with Crippen molar-refractivity contribution in [2.45, 2.75) is 22.8 Å². The molecule has 0 fully saturated rings. The number of halogens is 2. The highest BCUT2D eigenvalue weighted by molar-refractivity contribution is 9.10. The first kappa shape index (κ1) is 13.9. The Balaban J connectivity index is 2.20. The molecule has 2 aromatic carbocycles. The molecule has 0 amide bonds. The van der Waals surface area contributed by atoms with Gasteiger partial charge in [-0.25, -0.2) is 0 Å². The number of benzene rings is 2. The molecule has 1 atom stereocenters. The standard InChI is InChI=1S/C14H12BrClOS/c1-9(17)13-7-6-12(8-14(13)15)18-11-4-2-10(16)3-5-11/h2-9,17H,1H3. The molecule has 0 aliphatic heterocycles. The highest BCUT2D eigenvalue weighted by atomic mass is 79.9. The van der Waals surface area contributed by atoms with Crippen LogP contribution in [0.1, 0.15) is 18.6 Å². The predicted octanol–water partition coefficient (Wildman–Crippen LogP) is 5.31. The maximum atomic E-state index is 9.56. The summed E-state index contributed by atoms with van der Waals surface area (Å²) in [6.45, 7) is 1.76. The van der Waals surface area contributed by atoms with Gasteiger partial charge >= 0.3 is 0 Å². The first-order valence-corrected chi connectivity index (χ1v) is 7.46. The number of hydrogen-bond acceptors (Lipinski definition) is 2. The van der Waals surface area contributed by atoms with Crippen molar-refractivity contribution in [1.82, 2.24) is 0 Å². The van der Waals surface area contributed by atoms with Crippen LogP contribution in [0.5, 0.6) is 0 Å². The van der Waals surface area contributed by atoms with Gasteiger partial charge in [-0.15, -0.1) is 0 Å². The Hall–Kier alpha value is -0.480. The van der Waals surface area contributed by atoms with Crippen molar-refractivity contribution < 1.29 is 5.11 Å². The van der Waals surface area contributed by atoms with E-state index in [2.05, 4.69) is 15.9 Å². The summed E-state index contributed by atoms with van der Waals surface area (Å²) < 4.78 is 0.927. The van der Waals surface area contributed by atoms with E-state index in [4.69, 9.17) is 11.6 Å². The van der Waals surface area contributed by atoms with Gasteiger partial charge in [0.1, 0.15) is 0 Å². The van der Waals surface area contributed by atoms with Crippen LogP contribution in [0.2, 0.25) is 5.02 Å². The third-order valence-electron chi connectivity index (χ3n) is 2.47. The second kappa shape index (κ2) is 6.11. The molecule has 2 rings (SSSR count). The Morgan fingerprint density at radius 2 is 1.72 bits per heavy atom.